The Labute approximate surface area is 160 Å². The number of carbonyl (C=O) groups is 1. The van der Waals surface area contributed by atoms with E-state index in [1.54, 1.807) is 10.9 Å². The molecule has 2 saturated carbocycles. The number of aromatic nitrogens is 4. The van der Waals surface area contributed by atoms with E-state index < -0.39 is 24.4 Å². The largest absolute Gasteiger partial charge is 0.394 e. The van der Waals surface area contributed by atoms with Gasteiger partial charge in [-0.1, -0.05) is 0 Å². The molecule has 0 radical (unpaired) electrons. The number of nitrogens with one attached hydrogen (secondary N) is 1. The molecule has 0 spiro atoms. The first-order valence-corrected chi connectivity index (χ1v) is 9.62. The standard InChI is InChI=1S/C18H23N5O5/c24-5-13-16(27)15(26)12(28-13)4-23-7-21-14-17(19-6-20-18(14)23)22-10-2-8-1-9(10)11(25)3-8/h6-10,12-13,15-16,24,26-27H,1-5H2,(H,19,20,22)/t8?,9?,10?,12-,13+,15-,16+/m0/s1. The van der Waals surface area contributed by atoms with Crippen molar-refractivity contribution in [1.29, 1.82) is 0 Å². The van der Waals surface area contributed by atoms with Crippen LogP contribution < -0.4 is 5.32 Å². The zero-order valence-corrected chi connectivity index (χ0v) is 15.2. The minimum absolute atomic E-state index is 0.0519. The van der Waals surface area contributed by atoms with Crippen LogP contribution in [0.15, 0.2) is 12.7 Å². The van der Waals surface area contributed by atoms with Crippen LogP contribution in [-0.4, -0.2) is 77.7 Å². The zero-order valence-electron chi connectivity index (χ0n) is 15.2. The van der Waals surface area contributed by atoms with Crippen molar-refractivity contribution in [3.05, 3.63) is 12.7 Å². The van der Waals surface area contributed by atoms with Crippen LogP contribution in [0.3, 0.4) is 0 Å². The Kier molecular flexibility index (Phi) is 4.31. The fourth-order valence-electron chi connectivity index (χ4n) is 4.88. The molecule has 2 aliphatic carbocycles. The van der Waals surface area contributed by atoms with E-state index in [0.29, 0.717) is 35.1 Å². The molecule has 4 N–H and O–H groups in total. The predicted octanol–water partition coefficient (Wildman–Crippen LogP) is -0.913. The lowest BCUT2D eigenvalue weighted by Crippen LogP contribution is -2.35. The number of carbonyl (C=O) groups excluding carboxylic acids is 1. The molecule has 2 bridgehead atoms. The first kappa shape index (κ1) is 17.9. The fourth-order valence-corrected chi connectivity index (χ4v) is 4.88. The molecule has 1 aliphatic heterocycles. The topological polar surface area (TPSA) is 143 Å². The summed E-state index contributed by atoms with van der Waals surface area (Å²) in [5.74, 6) is 1.44. The zero-order chi connectivity index (χ0) is 19.4. The predicted molar refractivity (Wildman–Crippen MR) is 96.3 cm³/mol. The number of hydrogen-bond acceptors (Lipinski definition) is 9. The van der Waals surface area contributed by atoms with Crippen LogP contribution in [0.25, 0.3) is 11.2 Å². The highest BCUT2D eigenvalue weighted by molar-refractivity contribution is 5.87. The molecule has 150 valence electrons. The summed E-state index contributed by atoms with van der Waals surface area (Å²) in [6, 6.07) is 0.0787. The van der Waals surface area contributed by atoms with Crippen LogP contribution in [-0.2, 0) is 16.1 Å². The summed E-state index contributed by atoms with van der Waals surface area (Å²) in [6.07, 6.45) is 1.91. The van der Waals surface area contributed by atoms with Gasteiger partial charge in [-0.05, 0) is 18.8 Å². The number of ketones is 1. The van der Waals surface area contributed by atoms with E-state index in [9.17, 15) is 20.1 Å². The van der Waals surface area contributed by atoms with Gasteiger partial charge in [0, 0.05) is 18.4 Å². The van der Waals surface area contributed by atoms with Gasteiger partial charge in [0.25, 0.3) is 0 Å². The van der Waals surface area contributed by atoms with Crippen molar-refractivity contribution < 1.29 is 24.9 Å². The Morgan fingerprint density at radius 2 is 2.00 bits per heavy atom. The average molecular weight is 389 g/mol. The summed E-state index contributed by atoms with van der Waals surface area (Å²) in [4.78, 5) is 25.1. The van der Waals surface area contributed by atoms with Crippen LogP contribution in [0, 0.1) is 11.8 Å². The van der Waals surface area contributed by atoms with Gasteiger partial charge in [0.1, 0.15) is 42.0 Å². The molecule has 0 aromatic carbocycles. The number of anilines is 1. The molecule has 2 aromatic rings. The highest BCUT2D eigenvalue weighted by Gasteiger charge is 2.46. The van der Waals surface area contributed by atoms with Gasteiger partial charge < -0.3 is 29.9 Å². The normalized spacial score (nSPS) is 37.2. The van der Waals surface area contributed by atoms with Crippen LogP contribution in [0.2, 0.25) is 0 Å². The highest BCUT2D eigenvalue weighted by atomic mass is 16.6. The van der Waals surface area contributed by atoms with Crippen LogP contribution in [0.5, 0.6) is 0 Å². The minimum Gasteiger partial charge on any atom is -0.394 e. The van der Waals surface area contributed by atoms with Crippen molar-refractivity contribution in [1.82, 2.24) is 19.5 Å². The molecule has 10 nitrogen and oxygen atoms in total. The summed E-state index contributed by atoms with van der Waals surface area (Å²) in [7, 11) is 0. The highest BCUT2D eigenvalue weighted by Crippen LogP contribution is 2.43. The lowest BCUT2D eigenvalue weighted by Gasteiger charge is -2.22. The maximum Gasteiger partial charge on any atom is 0.165 e. The molecular formula is C18H23N5O5. The van der Waals surface area contributed by atoms with E-state index in [0.717, 1.165) is 12.8 Å². The molecule has 3 unspecified atom stereocenters. The molecule has 0 amide bonds. The van der Waals surface area contributed by atoms with Gasteiger partial charge in [-0.2, -0.15) is 0 Å². The van der Waals surface area contributed by atoms with Gasteiger partial charge in [0.15, 0.2) is 11.5 Å². The second-order valence-corrected chi connectivity index (χ2v) is 8.03. The molecule has 2 aromatic heterocycles. The molecule has 5 rings (SSSR count). The SMILES string of the molecule is O=C1CC2CC(Nc3ncnc4c3ncn4C[C@@H]3O[C@H](CO)[C@@H](O)[C@H]3O)C1C2. The number of Topliss-reactive ketones (excluding diaryl/α,β-unsaturated/α-hetero) is 1. The van der Waals surface area contributed by atoms with Crippen molar-refractivity contribution in [3.8, 4) is 0 Å². The van der Waals surface area contributed by atoms with Gasteiger partial charge >= 0.3 is 0 Å². The number of ether oxygens (including phenoxy) is 1. The van der Waals surface area contributed by atoms with Crippen molar-refractivity contribution in [2.45, 2.75) is 56.3 Å². The van der Waals surface area contributed by atoms with Gasteiger partial charge in [0.05, 0.1) is 19.5 Å². The maximum atomic E-state index is 12.0. The third-order valence-corrected chi connectivity index (χ3v) is 6.30. The Morgan fingerprint density at radius 3 is 2.71 bits per heavy atom. The fraction of sp³-hybridized carbons (Fsp3) is 0.667. The van der Waals surface area contributed by atoms with Gasteiger partial charge in [0.2, 0.25) is 0 Å². The van der Waals surface area contributed by atoms with Gasteiger partial charge in [-0.3, -0.25) is 4.79 Å². The number of imidazole rings is 1. The van der Waals surface area contributed by atoms with Gasteiger partial charge in [-0.15, -0.1) is 0 Å². The molecule has 1 saturated heterocycles. The Hall–Kier alpha value is -2.14. The van der Waals surface area contributed by atoms with Crippen molar-refractivity contribution in [2.24, 2.45) is 11.8 Å². The summed E-state index contributed by atoms with van der Waals surface area (Å²) < 4.78 is 7.28. The van der Waals surface area contributed by atoms with E-state index in [-0.39, 0.29) is 25.1 Å². The lowest BCUT2D eigenvalue weighted by molar-refractivity contribution is -0.121. The molecule has 3 fully saturated rings. The van der Waals surface area contributed by atoms with E-state index in [1.807, 2.05) is 0 Å². The first-order valence-electron chi connectivity index (χ1n) is 9.62. The number of hydrogen-bond donors (Lipinski definition) is 4. The van der Waals surface area contributed by atoms with Crippen LogP contribution in [0.1, 0.15) is 19.3 Å². The number of aliphatic hydroxyl groups is 3. The summed E-state index contributed by atoms with van der Waals surface area (Å²) in [5.41, 5.74) is 1.16. The molecule has 3 heterocycles. The third kappa shape index (κ3) is 2.79. The van der Waals surface area contributed by atoms with Crippen LogP contribution in [0.4, 0.5) is 5.82 Å². The molecular weight excluding hydrogens is 366 g/mol. The van der Waals surface area contributed by atoms with E-state index >= 15 is 0 Å². The number of fused-ring (bicyclic) bond motifs is 3. The molecule has 28 heavy (non-hydrogen) atoms. The smallest absolute Gasteiger partial charge is 0.165 e. The van der Waals surface area contributed by atoms with E-state index in [1.165, 1.54) is 6.33 Å². The second kappa shape index (κ2) is 6.73. The average Bonchev–Trinajstić information content (AvgIpc) is 3.42. The quantitative estimate of drug-likeness (QED) is 0.511. The minimum atomic E-state index is -1.13. The Morgan fingerprint density at radius 1 is 1.18 bits per heavy atom. The number of rotatable bonds is 5. The van der Waals surface area contributed by atoms with Crippen molar-refractivity contribution >= 4 is 22.8 Å². The Balaban J connectivity index is 1.37. The lowest BCUT2D eigenvalue weighted by atomic mass is 9.94. The maximum absolute atomic E-state index is 12.0. The summed E-state index contributed by atoms with van der Waals surface area (Å²) >= 11 is 0. The van der Waals surface area contributed by atoms with E-state index in [2.05, 4.69) is 20.3 Å². The van der Waals surface area contributed by atoms with Gasteiger partial charge in [-0.25, -0.2) is 15.0 Å². The first-order chi connectivity index (χ1) is 13.5. The van der Waals surface area contributed by atoms with E-state index in [4.69, 9.17) is 4.74 Å². The molecule has 3 aliphatic rings. The van der Waals surface area contributed by atoms with Crippen molar-refractivity contribution in [3.63, 3.8) is 0 Å². The van der Waals surface area contributed by atoms with Crippen molar-refractivity contribution in [2.75, 3.05) is 11.9 Å². The molecule has 7 atom stereocenters. The second-order valence-electron chi connectivity index (χ2n) is 8.03. The van der Waals surface area contributed by atoms with Crippen LogP contribution >= 0.6 is 0 Å². The monoisotopic (exact) mass is 389 g/mol. The Bertz CT molecular complexity index is 904. The number of aliphatic hydroxyl groups excluding tert-OH is 3. The summed E-state index contributed by atoms with van der Waals surface area (Å²) in [6.45, 7) is -0.133. The number of nitrogens with zero attached hydrogens (tertiary/aromatic N) is 4. The summed E-state index contributed by atoms with van der Waals surface area (Å²) in [5, 5.41) is 32.7. The third-order valence-electron chi connectivity index (χ3n) is 6.30. The molecule has 10 heteroatoms.